The van der Waals surface area contributed by atoms with Crippen LogP contribution in [0, 0.1) is 6.92 Å². The van der Waals surface area contributed by atoms with Crippen molar-refractivity contribution >= 4 is 51.6 Å². The quantitative estimate of drug-likeness (QED) is 0.488. The molecule has 0 spiro atoms. The fraction of sp³-hybridized carbons (Fsp3) is 0.348. The van der Waals surface area contributed by atoms with Crippen LogP contribution in [0.3, 0.4) is 0 Å². The first kappa shape index (κ1) is 23.8. The topological polar surface area (TPSA) is 73.4 Å². The lowest BCUT2D eigenvalue weighted by Crippen LogP contribution is -2.48. The van der Waals surface area contributed by atoms with Gasteiger partial charge in [0.1, 0.15) is 5.82 Å². The van der Waals surface area contributed by atoms with Crippen LogP contribution in [0.4, 0.5) is 15.6 Å². The summed E-state index contributed by atoms with van der Waals surface area (Å²) in [5.41, 5.74) is 3.01. The van der Waals surface area contributed by atoms with Crippen molar-refractivity contribution in [2.45, 2.75) is 13.3 Å². The van der Waals surface area contributed by atoms with E-state index in [1.165, 1.54) is 22.7 Å². The summed E-state index contributed by atoms with van der Waals surface area (Å²) in [6, 6.07) is 13.2. The highest BCUT2D eigenvalue weighted by Crippen LogP contribution is 2.25. The van der Waals surface area contributed by atoms with Crippen molar-refractivity contribution in [3.8, 4) is 0 Å². The number of anilines is 2. The highest BCUT2D eigenvalue weighted by molar-refractivity contribution is 7.09. The van der Waals surface area contributed by atoms with Gasteiger partial charge < -0.3 is 15.5 Å². The van der Waals surface area contributed by atoms with Crippen molar-refractivity contribution in [2.75, 3.05) is 49.5 Å². The predicted octanol–water partition coefficient (Wildman–Crippen LogP) is 4.69. The lowest BCUT2D eigenvalue weighted by Gasteiger charge is -2.34. The molecule has 2 amide bonds. The molecule has 1 aliphatic heterocycles. The Bertz CT molecular complexity index is 1080. The van der Waals surface area contributed by atoms with E-state index in [-0.39, 0.29) is 6.03 Å². The second-order valence-electron chi connectivity index (χ2n) is 7.99. The highest BCUT2D eigenvalue weighted by atomic mass is 35.5. The minimum atomic E-state index is -0.284. The molecule has 10 heteroatoms. The fourth-order valence-electron chi connectivity index (χ4n) is 3.58. The van der Waals surface area contributed by atoms with Gasteiger partial charge in [0.05, 0.1) is 10.7 Å². The molecule has 0 atom stereocenters. The van der Waals surface area contributed by atoms with Crippen LogP contribution in [0.15, 0.2) is 42.5 Å². The molecule has 1 aliphatic rings. The zero-order chi connectivity index (χ0) is 23.2. The summed E-state index contributed by atoms with van der Waals surface area (Å²) >= 11 is 13.4. The number of nitrogens with one attached hydrogen (secondary N) is 2. The monoisotopic (exact) mass is 504 g/mol. The molecular formula is C23H26Cl2N6OS. The van der Waals surface area contributed by atoms with Crippen molar-refractivity contribution in [3.05, 3.63) is 69.5 Å². The number of hydrogen-bond acceptors (Lipinski definition) is 6. The van der Waals surface area contributed by atoms with Crippen LogP contribution in [-0.4, -0.2) is 59.6 Å². The number of piperazine rings is 1. The Morgan fingerprint density at radius 1 is 1.09 bits per heavy atom. The van der Waals surface area contributed by atoms with Gasteiger partial charge in [0.15, 0.2) is 0 Å². The first-order chi connectivity index (χ1) is 16.0. The minimum absolute atomic E-state index is 0.284. The summed E-state index contributed by atoms with van der Waals surface area (Å²) in [6.45, 7) is 7.04. The van der Waals surface area contributed by atoms with E-state index in [0.717, 1.165) is 50.1 Å². The number of rotatable bonds is 7. The predicted molar refractivity (Wildman–Crippen MR) is 136 cm³/mol. The van der Waals surface area contributed by atoms with Gasteiger partial charge in [-0.2, -0.15) is 4.37 Å². The maximum absolute atomic E-state index is 12.1. The zero-order valence-corrected chi connectivity index (χ0v) is 20.7. The van der Waals surface area contributed by atoms with Gasteiger partial charge in [-0.05, 0) is 30.7 Å². The van der Waals surface area contributed by atoms with Gasteiger partial charge in [-0.1, -0.05) is 53.0 Å². The van der Waals surface area contributed by atoms with E-state index in [2.05, 4.69) is 56.0 Å². The summed E-state index contributed by atoms with van der Waals surface area (Å²) < 4.78 is 4.55. The van der Waals surface area contributed by atoms with E-state index in [1.54, 1.807) is 18.2 Å². The van der Waals surface area contributed by atoms with Gasteiger partial charge in [-0.25, -0.2) is 9.78 Å². The Morgan fingerprint density at radius 3 is 2.58 bits per heavy atom. The molecule has 33 heavy (non-hydrogen) atoms. The molecule has 1 fully saturated rings. The molecule has 3 aromatic rings. The molecule has 4 rings (SSSR count). The standard InChI is InChI=1S/C23H26Cl2N6OS/c1-16-2-4-17(5-3-16)14-21-28-23(33-29-21)31-12-10-30(11-13-31)9-8-26-22(32)27-20-7-6-18(24)15-19(20)25/h2-7,15H,8-14H2,1H3,(H2,26,27,32). The summed E-state index contributed by atoms with van der Waals surface area (Å²) in [5.74, 6) is 0.872. The first-order valence-electron chi connectivity index (χ1n) is 10.8. The van der Waals surface area contributed by atoms with Crippen molar-refractivity contribution in [1.82, 2.24) is 19.6 Å². The molecule has 1 aromatic heterocycles. The Labute approximate surface area is 207 Å². The maximum atomic E-state index is 12.1. The molecule has 2 aromatic carbocycles. The Morgan fingerprint density at radius 2 is 1.85 bits per heavy atom. The normalized spacial score (nSPS) is 14.3. The van der Waals surface area contributed by atoms with Crippen LogP contribution in [0.1, 0.15) is 17.0 Å². The van der Waals surface area contributed by atoms with Crippen molar-refractivity contribution in [1.29, 1.82) is 0 Å². The van der Waals surface area contributed by atoms with Gasteiger partial charge in [-0.3, -0.25) is 4.90 Å². The molecule has 0 radical (unpaired) electrons. The highest BCUT2D eigenvalue weighted by Gasteiger charge is 2.20. The van der Waals surface area contributed by atoms with Crippen molar-refractivity contribution in [3.63, 3.8) is 0 Å². The molecule has 0 saturated carbocycles. The smallest absolute Gasteiger partial charge is 0.319 e. The van der Waals surface area contributed by atoms with Gasteiger partial charge in [0.2, 0.25) is 5.13 Å². The third kappa shape index (κ3) is 6.80. The Balaban J connectivity index is 1.17. The van der Waals surface area contributed by atoms with E-state index >= 15 is 0 Å². The van der Waals surface area contributed by atoms with E-state index in [9.17, 15) is 4.79 Å². The number of urea groups is 1. The first-order valence-corrected chi connectivity index (χ1v) is 12.3. The van der Waals surface area contributed by atoms with E-state index < -0.39 is 0 Å². The van der Waals surface area contributed by atoms with E-state index in [4.69, 9.17) is 28.2 Å². The Kier molecular flexibility index (Phi) is 8.03. The van der Waals surface area contributed by atoms with Crippen molar-refractivity contribution in [2.24, 2.45) is 0 Å². The van der Waals surface area contributed by atoms with Gasteiger partial charge >= 0.3 is 6.03 Å². The molecule has 0 bridgehead atoms. The van der Waals surface area contributed by atoms with Crippen LogP contribution < -0.4 is 15.5 Å². The number of amides is 2. The van der Waals surface area contributed by atoms with Crippen LogP contribution in [0.25, 0.3) is 0 Å². The molecule has 0 aliphatic carbocycles. The van der Waals surface area contributed by atoms with Gasteiger partial charge in [-0.15, -0.1) is 0 Å². The van der Waals surface area contributed by atoms with Gasteiger partial charge in [0.25, 0.3) is 0 Å². The number of benzene rings is 2. The minimum Gasteiger partial charge on any atom is -0.344 e. The SMILES string of the molecule is Cc1ccc(Cc2nsc(N3CCN(CCNC(=O)Nc4ccc(Cl)cc4Cl)CC3)n2)cc1. The summed E-state index contributed by atoms with van der Waals surface area (Å²) in [7, 11) is 0. The summed E-state index contributed by atoms with van der Waals surface area (Å²) in [5, 5.41) is 7.54. The average Bonchev–Trinajstić information content (AvgIpc) is 3.26. The number of carbonyl (C=O) groups excluding carboxylic acids is 1. The molecular weight excluding hydrogens is 479 g/mol. The summed E-state index contributed by atoms with van der Waals surface area (Å²) in [4.78, 5) is 21.5. The summed E-state index contributed by atoms with van der Waals surface area (Å²) in [6.07, 6.45) is 0.756. The van der Waals surface area contributed by atoms with Gasteiger partial charge in [0, 0.05) is 62.2 Å². The van der Waals surface area contributed by atoms with E-state index in [1.807, 2.05) is 0 Å². The lowest BCUT2D eigenvalue weighted by atomic mass is 10.1. The molecule has 0 unspecified atom stereocenters. The van der Waals surface area contributed by atoms with Crippen molar-refractivity contribution < 1.29 is 4.79 Å². The largest absolute Gasteiger partial charge is 0.344 e. The lowest BCUT2D eigenvalue weighted by molar-refractivity contribution is 0.240. The fourth-order valence-corrected chi connectivity index (χ4v) is 4.77. The van der Waals surface area contributed by atoms with E-state index in [0.29, 0.717) is 22.3 Å². The van der Waals surface area contributed by atoms with Crippen LogP contribution in [0.2, 0.25) is 10.0 Å². The van der Waals surface area contributed by atoms with Crippen LogP contribution in [0.5, 0.6) is 0 Å². The average molecular weight is 505 g/mol. The third-order valence-electron chi connectivity index (χ3n) is 5.48. The molecule has 1 saturated heterocycles. The number of hydrogen-bond donors (Lipinski definition) is 2. The van der Waals surface area contributed by atoms with Crippen LogP contribution >= 0.6 is 34.7 Å². The second kappa shape index (κ2) is 11.2. The molecule has 2 N–H and O–H groups in total. The number of carbonyl (C=O) groups is 1. The zero-order valence-electron chi connectivity index (χ0n) is 18.4. The molecule has 7 nitrogen and oxygen atoms in total. The Hall–Kier alpha value is -2.39. The number of aromatic nitrogens is 2. The maximum Gasteiger partial charge on any atom is 0.319 e. The number of halogens is 2. The second-order valence-corrected chi connectivity index (χ2v) is 9.56. The number of nitrogens with zero attached hydrogens (tertiary/aromatic N) is 4. The third-order valence-corrected chi connectivity index (χ3v) is 6.84. The molecule has 174 valence electrons. The molecule has 2 heterocycles. The van der Waals surface area contributed by atoms with Crippen LogP contribution in [-0.2, 0) is 6.42 Å². The number of aryl methyl sites for hydroxylation is 1.